The van der Waals surface area contributed by atoms with E-state index in [9.17, 15) is 5.11 Å². The first kappa shape index (κ1) is 14.0. The van der Waals surface area contributed by atoms with Gasteiger partial charge in [0.1, 0.15) is 11.6 Å². The zero-order valence-electron chi connectivity index (χ0n) is 10.4. The summed E-state index contributed by atoms with van der Waals surface area (Å²) in [6.07, 6.45) is 0. The van der Waals surface area contributed by atoms with Crippen LogP contribution in [-0.4, -0.2) is 24.0 Å². The molecule has 1 atom stereocenters. The van der Waals surface area contributed by atoms with Gasteiger partial charge in [-0.05, 0) is 36.6 Å². The van der Waals surface area contributed by atoms with E-state index in [1.54, 1.807) is 6.07 Å². The van der Waals surface area contributed by atoms with E-state index in [2.05, 4.69) is 24.2 Å². The van der Waals surface area contributed by atoms with Gasteiger partial charge in [-0.15, -0.1) is 17.0 Å². The number of nitrogens with one attached hydrogen (secondary N) is 1. The molecule has 1 unspecified atom stereocenters. The Balaban J connectivity index is 0.00000144. The van der Waals surface area contributed by atoms with Crippen LogP contribution in [0.25, 0.3) is 0 Å². The first-order valence-corrected chi connectivity index (χ1v) is 5.68. The van der Waals surface area contributed by atoms with E-state index in [4.69, 9.17) is 0 Å². The smallest absolute Gasteiger partial charge is 0.118 e. The molecular weight excluding hydrogens is 280 g/mol. The van der Waals surface area contributed by atoms with Crippen molar-refractivity contribution in [3.8, 4) is 5.75 Å². The summed E-state index contributed by atoms with van der Waals surface area (Å²) in [5, 5.41) is 12.9. The molecule has 0 amide bonds. The zero-order chi connectivity index (χ0) is 11.7. The number of rotatable bonds is 2. The van der Waals surface area contributed by atoms with Crippen molar-refractivity contribution in [2.24, 2.45) is 4.99 Å². The number of phenols is 1. The quantitative estimate of drug-likeness (QED) is 0.882. The van der Waals surface area contributed by atoms with E-state index in [1.165, 1.54) is 5.56 Å². The highest BCUT2D eigenvalue weighted by Crippen LogP contribution is 2.28. The Labute approximate surface area is 113 Å². The number of halogens is 1. The number of benzene rings is 1. The van der Waals surface area contributed by atoms with Crippen LogP contribution in [-0.2, 0) is 0 Å². The van der Waals surface area contributed by atoms with Crippen LogP contribution in [0.1, 0.15) is 29.5 Å². The second-order valence-electron chi connectivity index (χ2n) is 4.34. The van der Waals surface area contributed by atoms with Crippen LogP contribution in [0, 0.1) is 13.8 Å². The number of hydrogen-bond donors (Lipinski definition) is 2. The average Bonchev–Trinajstić information content (AvgIpc) is 2.79. The zero-order valence-corrected chi connectivity index (χ0v) is 12.2. The Kier molecular flexibility index (Phi) is 4.57. The number of aliphatic imine (C=N–C) groups is 1. The van der Waals surface area contributed by atoms with Crippen LogP contribution in [0.15, 0.2) is 17.1 Å². The fourth-order valence-electron chi connectivity index (χ4n) is 2.15. The summed E-state index contributed by atoms with van der Waals surface area (Å²) in [5.41, 5.74) is 3.36. The molecule has 1 aliphatic heterocycles. The molecule has 94 valence electrons. The maximum atomic E-state index is 9.63. The molecule has 0 saturated heterocycles. The summed E-state index contributed by atoms with van der Waals surface area (Å²) in [7, 11) is 0. The molecule has 4 heteroatoms. The molecule has 1 heterocycles. The third-order valence-corrected chi connectivity index (χ3v) is 3.38. The van der Waals surface area contributed by atoms with Crippen molar-refractivity contribution in [3.63, 3.8) is 0 Å². The highest BCUT2D eigenvalue weighted by Gasteiger charge is 2.18. The average molecular weight is 299 g/mol. The van der Waals surface area contributed by atoms with Gasteiger partial charge in [0.15, 0.2) is 0 Å². The van der Waals surface area contributed by atoms with E-state index >= 15 is 0 Å². The van der Waals surface area contributed by atoms with Crippen LogP contribution < -0.4 is 5.32 Å². The molecule has 1 aromatic rings. The van der Waals surface area contributed by atoms with E-state index in [1.807, 2.05) is 13.0 Å². The second-order valence-corrected chi connectivity index (χ2v) is 4.34. The largest absolute Gasteiger partial charge is 0.508 e. The third-order valence-electron chi connectivity index (χ3n) is 3.38. The molecule has 2 N–H and O–H groups in total. The summed E-state index contributed by atoms with van der Waals surface area (Å²) in [6.45, 7) is 7.96. The Bertz CT molecular complexity index is 443. The van der Waals surface area contributed by atoms with Crippen molar-refractivity contribution in [2.45, 2.75) is 26.7 Å². The highest BCUT2D eigenvalue weighted by molar-refractivity contribution is 8.93. The molecular formula is C13H19BrN2O. The van der Waals surface area contributed by atoms with Gasteiger partial charge in [0.25, 0.3) is 0 Å². The molecule has 0 aliphatic carbocycles. The standard InChI is InChI=1S/C13H18N2O.BrH/c1-8-9(2)12(16)5-4-11(8)10(3)13-14-6-7-15-13;/h4-5,10,16H,6-7H2,1-3H3,(H,14,15);1H. The molecule has 0 radical (unpaired) electrons. The Hall–Kier alpha value is -1.03. The molecule has 17 heavy (non-hydrogen) atoms. The number of aromatic hydroxyl groups is 1. The molecule has 0 saturated carbocycles. The van der Waals surface area contributed by atoms with E-state index in [0.29, 0.717) is 5.75 Å². The van der Waals surface area contributed by atoms with Gasteiger partial charge in [-0.3, -0.25) is 4.99 Å². The minimum atomic E-state index is 0. The lowest BCUT2D eigenvalue weighted by atomic mass is 9.92. The van der Waals surface area contributed by atoms with Crippen molar-refractivity contribution < 1.29 is 5.11 Å². The van der Waals surface area contributed by atoms with Crippen molar-refractivity contribution in [1.29, 1.82) is 0 Å². The maximum absolute atomic E-state index is 9.63. The summed E-state index contributed by atoms with van der Waals surface area (Å²) in [5.74, 6) is 1.71. The van der Waals surface area contributed by atoms with Crippen molar-refractivity contribution in [2.75, 3.05) is 13.1 Å². The van der Waals surface area contributed by atoms with E-state index in [-0.39, 0.29) is 22.9 Å². The summed E-state index contributed by atoms with van der Waals surface area (Å²) >= 11 is 0. The van der Waals surface area contributed by atoms with Gasteiger partial charge in [0, 0.05) is 12.5 Å². The first-order chi connectivity index (χ1) is 7.61. The van der Waals surface area contributed by atoms with E-state index in [0.717, 1.165) is 30.1 Å². The van der Waals surface area contributed by atoms with Crippen LogP contribution in [0.3, 0.4) is 0 Å². The normalized spacial score (nSPS) is 15.8. The van der Waals surface area contributed by atoms with Gasteiger partial charge >= 0.3 is 0 Å². The molecule has 1 aromatic carbocycles. The number of hydrogen-bond acceptors (Lipinski definition) is 3. The van der Waals surface area contributed by atoms with Crippen molar-refractivity contribution in [1.82, 2.24) is 5.32 Å². The molecule has 0 fully saturated rings. The Morgan fingerprint density at radius 2 is 2.00 bits per heavy atom. The monoisotopic (exact) mass is 298 g/mol. The fraction of sp³-hybridized carbons (Fsp3) is 0.462. The maximum Gasteiger partial charge on any atom is 0.118 e. The third kappa shape index (κ3) is 2.63. The number of nitrogens with zero attached hydrogens (tertiary/aromatic N) is 1. The van der Waals surface area contributed by atoms with Crippen LogP contribution in [0.2, 0.25) is 0 Å². The summed E-state index contributed by atoms with van der Waals surface area (Å²) < 4.78 is 0. The van der Waals surface area contributed by atoms with Gasteiger partial charge in [0.05, 0.1) is 6.54 Å². The van der Waals surface area contributed by atoms with E-state index < -0.39 is 0 Å². The fourth-order valence-corrected chi connectivity index (χ4v) is 2.15. The first-order valence-electron chi connectivity index (χ1n) is 5.68. The van der Waals surface area contributed by atoms with Gasteiger partial charge < -0.3 is 10.4 Å². The SMILES string of the molecule is Br.Cc1c(O)ccc(C(C)C2=NCCN2)c1C. The van der Waals surface area contributed by atoms with Crippen LogP contribution in [0.5, 0.6) is 5.75 Å². The number of amidine groups is 1. The minimum absolute atomic E-state index is 0. The predicted molar refractivity (Wildman–Crippen MR) is 76.6 cm³/mol. The molecule has 0 spiro atoms. The lowest BCUT2D eigenvalue weighted by Crippen LogP contribution is -2.24. The summed E-state index contributed by atoms with van der Waals surface area (Å²) in [6, 6.07) is 3.76. The van der Waals surface area contributed by atoms with Gasteiger partial charge in [-0.25, -0.2) is 0 Å². The summed E-state index contributed by atoms with van der Waals surface area (Å²) in [4.78, 5) is 4.45. The van der Waals surface area contributed by atoms with Gasteiger partial charge in [-0.2, -0.15) is 0 Å². The van der Waals surface area contributed by atoms with Crippen LogP contribution in [0.4, 0.5) is 0 Å². The predicted octanol–water partition coefficient (Wildman–Crippen LogP) is 2.69. The molecule has 3 nitrogen and oxygen atoms in total. The van der Waals surface area contributed by atoms with Gasteiger partial charge in [0.2, 0.25) is 0 Å². The second kappa shape index (κ2) is 5.54. The van der Waals surface area contributed by atoms with Gasteiger partial charge in [-0.1, -0.05) is 13.0 Å². The minimum Gasteiger partial charge on any atom is -0.508 e. The highest BCUT2D eigenvalue weighted by atomic mass is 79.9. The Morgan fingerprint density at radius 3 is 2.59 bits per heavy atom. The van der Waals surface area contributed by atoms with Crippen molar-refractivity contribution in [3.05, 3.63) is 28.8 Å². The Morgan fingerprint density at radius 1 is 1.29 bits per heavy atom. The molecule has 2 rings (SSSR count). The van der Waals surface area contributed by atoms with Crippen molar-refractivity contribution >= 4 is 22.8 Å². The topological polar surface area (TPSA) is 44.6 Å². The number of phenolic OH excluding ortho intramolecular Hbond substituents is 1. The lowest BCUT2D eigenvalue weighted by Gasteiger charge is -2.17. The molecule has 1 aliphatic rings. The molecule has 0 bridgehead atoms. The lowest BCUT2D eigenvalue weighted by molar-refractivity contribution is 0.470. The molecule has 0 aromatic heterocycles. The van der Waals surface area contributed by atoms with Crippen LogP contribution >= 0.6 is 17.0 Å².